The van der Waals surface area contributed by atoms with Crippen LogP contribution in [-0.2, 0) is 0 Å². The molecule has 3 N–H and O–H groups in total. The summed E-state index contributed by atoms with van der Waals surface area (Å²) in [5.74, 6) is 0.691. The Hall–Kier alpha value is -4.71. The Labute approximate surface area is 194 Å². The van der Waals surface area contributed by atoms with Crippen molar-refractivity contribution in [2.45, 2.75) is 6.04 Å². The van der Waals surface area contributed by atoms with Gasteiger partial charge in [-0.15, -0.1) is 0 Å². The van der Waals surface area contributed by atoms with Crippen LogP contribution in [0.5, 0.6) is 0 Å². The van der Waals surface area contributed by atoms with Crippen LogP contribution in [0.15, 0.2) is 91.3 Å². The van der Waals surface area contributed by atoms with E-state index in [1.165, 1.54) is 0 Å². The number of aromatic amines is 2. The summed E-state index contributed by atoms with van der Waals surface area (Å²) in [6, 6.07) is 25.9. The second-order valence-electron chi connectivity index (χ2n) is 8.46. The second-order valence-corrected chi connectivity index (χ2v) is 8.46. The first-order chi connectivity index (χ1) is 16.8. The quantitative estimate of drug-likeness (QED) is 0.334. The predicted octanol–water partition coefficient (Wildman–Crippen LogP) is 5.61. The highest BCUT2D eigenvalue weighted by Crippen LogP contribution is 2.47. The molecule has 0 aliphatic heterocycles. The maximum absolute atomic E-state index is 13.4. The molecule has 162 valence electrons. The number of hydrogen-bond acceptors (Lipinski definition) is 3. The van der Waals surface area contributed by atoms with Crippen LogP contribution >= 0.6 is 0 Å². The lowest BCUT2D eigenvalue weighted by molar-refractivity contribution is 0.0945. The van der Waals surface area contributed by atoms with Gasteiger partial charge in [-0.05, 0) is 46.5 Å². The number of aromatic nitrogens is 4. The molecule has 1 atom stereocenters. The van der Waals surface area contributed by atoms with Crippen LogP contribution in [0, 0.1) is 0 Å². The lowest BCUT2D eigenvalue weighted by Gasteiger charge is -2.16. The van der Waals surface area contributed by atoms with E-state index in [1.807, 2.05) is 48.5 Å². The highest BCUT2D eigenvalue weighted by molar-refractivity contribution is 6.06. The molecular weight excluding hydrogens is 422 g/mol. The highest BCUT2D eigenvalue weighted by Gasteiger charge is 2.32. The lowest BCUT2D eigenvalue weighted by atomic mass is 9.98. The van der Waals surface area contributed by atoms with Crippen LogP contribution in [0.4, 0.5) is 0 Å². The number of hydrogen-bond donors (Lipinski definition) is 3. The van der Waals surface area contributed by atoms with Crippen LogP contribution < -0.4 is 5.32 Å². The van der Waals surface area contributed by atoms with E-state index in [0.717, 1.165) is 50.1 Å². The molecule has 0 spiro atoms. The summed E-state index contributed by atoms with van der Waals surface area (Å²) >= 11 is 0. The first kappa shape index (κ1) is 18.8. The molecule has 3 aromatic carbocycles. The maximum atomic E-state index is 13.4. The van der Waals surface area contributed by atoms with E-state index in [-0.39, 0.29) is 11.9 Å². The van der Waals surface area contributed by atoms with Gasteiger partial charge in [-0.25, -0.2) is 9.97 Å². The van der Waals surface area contributed by atoms with Crippen LogP contribution in [-0.4, -0.2) is 25.8 Å². The van der Waals surface area contributed by atoms with E-state index in [1.54, 1.807) is 18.5 Å². The second kappa shape index (κ2) is 7.15. The molecule has 7 rings (SSSR count). The number of rotatable bonds is 3. The van der Waals surface area contributed by atoms with Crippen molar-refractivity contribution < 1.29 is 4.79 Å². The van der Waals surface area contributed by atoms with Gasteiger partial charge in [-0.1, -0.05) is 54.6 Å². The molecule has 1 amide bonds. The van der Waals surface area contributed by atoms with Gasteiger partial charge in [0.15, 0.2) is 0 Å². The number of carbonyl (C=O) groups excluding carboxylic acids is 1. The molecule has 6 nitrogen and oxygen atoms in total. The van der Waals surface area contributed by atoms with Crippen LogP contribution in [0.1, 0.15) is 27.5 Å². The number of nitrogens with one attached hydrogen (secondary N) is 3. The standard InChI is InChI=1S/C28H19N5O/c34-28(19-13-15-30-26-18(19)12-14-29-26)33-25-17-7-2-1-6-16(17)24-20(25)8-5-9-21(24)27-31-22-10-3-4-11-23(22)32-27/h1-15,25H,(H,29,30)(H,31,32)(H,33,34)/t25-/m1/s1. The smallest absolute Gasteiger partial charge is 0.252 e. The van der Waals surface area contributed by atoms with Gasteiger partial charge < -0.3 is 15.3 Å². The lowest BCUT2D eigenvalue weighted by Crippen LogP contribution is -2.28. The van der Waals surface area contributed by atoms with Gasteiger partial charge in [0.05, 0.1) is 22.6 Å². The molecule has 0 saturated carbocycles. The van der Waals surface area contributed by atoms with Gasteiger partial charge >= 0.3 is 0 Å². The van der Waals surface area contributed by atoms with Crippen LogP contribution in [0.2, 0.25) is 0 Å². The summed E-state index contributed by atoms with van der Waals surface area (Å²) in [6.45, 7) is 0. The SMILES string of the molecule is O=C(N[C@@H]1c2ccccc2-c2c(-c3nc4ccccc4[nH]3)cccc21)c1ccnc2[nH]ccc12. The third-order valence-corrected chi connectivity index (χ3v) is 6.57. The largest absolute Gasteiger partial charge is 0.346 e. The monoisotopic (exact) mass is 441 g/mol. The Balaban J connectivity index is 1.36. The molecule has 0 fully saturated rings. The topological polar surface area (TPSA) is 86.5 Å². The van der Waals surface area contributed by atoms with E-state index in [4.69, 9.17) is 4.98 Å². The van der Waals surface area contributed by atoms with E-state index in [0.29, 0.717) is 11.2 Å². The molecule has 0 unspecified atom stereocenters. The number of para-hydroxylation sites is 2. The molecule has 1 aliphatic rings. The molecule has 6 aromatic rings. The zero-order chi connectivity index (χ0) is 22.6. The molecule has 0 saturated heterocycles. The minimum atomic E-state index is -0.259. The van der Waals surface area contributed by atoms with Crippen molar-refractivity contribution in [1.29, 1.82) is 0 Å². The first-order valence-electron chi connectivity index (χ1n) is 11.2. The van der Waals surface area contributed by atoms with Crippen molar-refractivity contribution in [3.05, 3.63) is 108 Å². The molecule has 0 bridgehead atoms. The van der Waals surface area contributed by atoms with E-state index in [2.05, 4.69) is 44.5 Å². The van der Waals surface area contributed by atoms with Crippen molar-refractivity contribution in [2.75, 3.05) is 0 Å². The van der Waals surface area contributed by atoms with Gasteiger partial charge in [0.2, 0.25) is 0 Å². The summed E-state index contributed by atoms with van der Waals surface area (Å²) in [7, 11) is 0. The Morgan fingerprint density at radius 3 is 2.62 bits per heavy atom. The summed E-state index contributed by atoms with van der Waals surface area (Å²) < 4.78 is 0. The Bertz CT molecular complexity index is 1690. The normalized spacial score (nSPS) is 14.3. The van der Waals surface area contributed by atoms with Crippen LogP contribution in [0.25, 0.3) is 44.6 Å². The third kappa shape index (κ3) is 2.72. The summed E-state index contributed by atoms with van der Waals surface area (Å²) in [4.78, 5) is 29.1. The Kier molecular flexibility index (Phi) is 3.96. The third-order valence-electron chi connectivity index (χ3n) is 6.57. The highest BCUT2D eigenvalue weighted by atomic mass is 16.1. The molecule has 6 heteroatoms. The minimum Gasteiger partial charge on any atom is -0.346 e. The van der Waals surface area contributed by atoms with Gasteiger partial charge in [0, 0.05) is 23.3 Å². The number of fused-ring (bicyclic) bond motifs is 5. The maximum Gasteiger partial charge on any atom is 0.252 e. The van der Waals surface area contributed by atoms with Crippen molar-refractivity contribution in [3.8, 4) is 22.5 Å². The van der Waals surface area contributed by atoms with E-state index < -0.39 is 0 Å². The number of H-pyrrole nitrogens is 2. The zero-order valence-electron chi connectivity index (χ0n) is 18.0. The van der Waals surface area contributed by atoms with Crippen molar-refractivity contribution >= 4 is 28.0 Å². The molecule has 3 aromatic heterocycles. The predicted molar refractivity (Wildman–Crippen MR) is 132 cm³/mol. The Morgan fingerprint density at radius 2 is 1.68 bits per heavy atom. The first-order valence-corrected chi connectivity index (χ1v) is 11.2. The average molecular weight is 441 g/mol. The number of benzene rings is 3. The van der Waals surface area contributed by atoms with E-state index in [9.17, 15) is 4.79 Å². The van der Waals surface area contributed by atoms with Gasteiger partial charge in [0.25, 0.3) is 5.91 Å². The average Bonchev–Trinajstić information content (AvgIpc) is 3.60. The number of amides is 1. The molecule has 3 heterocycles. The zero-order valence-corrected chi connectivity index (χ0v) is 18.0. The van der Waals surface area contributed by atoms with Crippen molar-refractivity contribution in [2.24, 2.45) is 0 Å². The van der Waals surface area contributed by atoms with Gasteiger partial charge in [0.1, 0.15) is 11.5 Å². The van der Waals surface area contributed by atoms with Gasteiger partial charge in [-0.3, -0.25) is 4.79 Å². The molecule has 0 radical (unpaired) electrons. The molecular formula is C28H19N5O. The fraction of sp³-hybridized carbons (Fsp3) is 0.0357. The number of imidazole rings is 1. The summed E-state index contributed by atoms with van der Waals surface area (Å²) in [5.41, 5.74) is 8.61. The minimum absolute atomic E-state index is 0.131. The fourth-order valence-electron chi connectivity index (χ4n) is 5.06. The summed E-state index contributed by atoms with van der Waals surface area (Å²) in [6.07, 6.45) is 3.46. The Morgan fingerprint density at radius 1 is 0.853 bits per heavy atom. The molecule has 1 aliphatic carbocycles. The van der Waals surface area contributed by atoms with Crippen molar-refractivity contribution in [1.82, 2.24) is 25.3 Å². The fourth-order valence-corrected chi connectivity index (χ4v) is 5.06. The van der Waals surface area contributed by atoms with Crippen molar-refractivity contribution in [3.63, 3.8) is 0 Å². The number of pyridine rings is 1. The number of nitrogens with zero attached hydrogens (tertiary/aromatic N) is 2. The van der Waals surface area contributed by atoms with Crippen LogP contribution in [0.3, 0.4) is 0 Å². The number of carbonyl (C=O) groups is 1. The van der Waals surface area contributed by atoms with Gasteiger partial charge in [-0.2, -0.15) is 0 Å². The molecule has 34 heavy (non-hydrogen) atoms. The van der Waals surface area contributed by atoms with E-state index >= 15 is 0 Å². The summed E-state index contributed by atoms with van der Waals surface area (Å²) in [5, 5.41) is 4.09.